The topological polar surface area (TPSA) is 113 Å². The summed E-state index contributed by atoms with van der Waals surface area (Å²) < 4.78 is 12.2. The van der Waals surface area contributed by atoms with Gasteiger partial charge in [-0.25, -0.2) is 9.78 Å². The molecular weight excluding hydrogens is 446 g/mol. The van der Waals surface area contributed by atoms with Crippen molar-refractivity contribution in [3.8, 4) is 17.1 Å². The quantitative estimate of drug-likeness (QED) is 0.261. The van der Waals surface area contributed by atoms with Crippen molar-refractivity contribution in [3.63, 3.8) is 0 Å². The first-order valence-corrected chi connectivity index (χ1v) is 11.1. The van der Waals surface area contributed by atoms with Crippen LogP contribution in [0.2, 0.25) is 0 Å². The number of hydrogen-bond acceptors (Lipinski definition) is 8. The van der Waals surface area contributed by atoms with E-state index in [1.54, 1.807) is 55.7 Å². The van der Waals surface area contributed by atoms with E-state index < -0.39 is 5.97 Å². The Bertz CT molecular complexity index is 1540. The van der Waals surface area contributed by atoms with E-state index in [9.17, 15) is 9.59 Å². The van der Waals surface area contributed by atoms with Gasteiger partial charge >= 0.3 is 5.97 Å². The molecule has 0 aliphatic heterocycles. The van der Waals surface area contributed by atoms with Crippen LogP contribution in [0.15, 0.2) is 82.4 Å². The number of fused-ring (bicyclic) bond motifs is 1. The number of pyridine rings is 1. The van der Waals surface area contributed by atoms with E-state index in [2.05, 4.69) is 20.1 Å². The Balaban J connectivity index is 1.19. The zero-order chi connectivity index (χ0) is 24.2. The fourth-order valence-corrected chi connectivity index (χ4v) is 3.73. The van der Waals surface area contributed by atoms with Crippen LogP contribution in [0, 0.1) is 6.92 Å². The zero-order valence-corrected chi connectivity index (χ0v) is 18.9. The second kappa shape index (κ2) is 9.68. The van der Waals surface area contributed by atoms with Crippen molar-refractivity contribution < 1.29 is 14.1 Å². The highest BCUT2D eigenvalue weighted by Gasteiger charge is 2.13. The lowest BCUT2D eigenvalue weighted by atomic mass is 10.2. The minimum absolute atomic E-state index is 0.156. The largest absolute Gasteiger partial charge is 0.462 e. The number of aryl methyl sites for hydroxylation is 2. The minimum Gasteiger partial charge on any atom is -0.462 e. The molecule has 35 heavy (non-hydrogen) atoms. The summed E-state index contributed by atoms with van der Waals surface area (Å²) in [4.78, 5) is 38.3. The Hall–Kier alpha value is -4.66. The molecule has 0 saturated heterocycles. The van der Waals surface area contributed by atoms with Crippen LogP contribution < -0.4 is 5.56 Å². The third kappa shape index (κ3) is 4.70. The number of aromatic nitrogens is 5. The zero-order valence-electron chi connectivity index (χ0n) is 18.9. The Morgan fingerprint density at radius 2 is 1.86 bits per heavy atom. The minimum atomic E-state index is -0.446. The normalized spacial score (nSPS) is 11.0. The molecule has 9 nitrogen and oxygen atoms in total. The summed E-state index contributed by atoms with van der Waals surface area (Å²) in [5.74, 6) is 1.06. The van der Waals surface area contributed by atoms with Crippen LogP contribution in [0.25, 0.3) is 28.0 Å². The summed E-state index contributed by atoms with van der Waals surface area (Å²) in [7, 11) is 0. The Morgan fingerprint density at radius 3 is 2.66 bits per heavy atom. The van der Waals surface area contributed by atoms with E-state index in [4.69, 9.17) is 9.26 Å². The SMILES string of the molecule is Cc1nc2ccccc2c(=O)n1-c1ccc(C(=O)OCCCc2nc(-c3cccnc3)no2)cc1. The fraction of sp³-hybridized carbons (Fsp3) is 0.154. The molecule has 3 aromatic heterocycles. The highest BCUT2D eigenvalue weighted by atomic mass is 16.5. The fourth-order valence-electron chi connectivity index (χ4n) is 3.73. The van der Waals surface area contributed by atoms with Gasteiger partial charge in [-0.2, -0.15) is 4.98 Å². The number of carbonyl (C=O) groups excluding carboxylic acids is 1. The van der Waals surface area contributed by atoms with E-state index in [-0.39, 0.29) is 12.2 Å². The van der Waals surface area contributed by atoms with Gasteiger partial charge in [-0.05, 0) is 61.9 Å². The Labute approximate surface area is 200 Å². The van der Waals surface area contributed by atoms with Crippen molar-refractivity contribution in [1.29, 1.82) is 0 Å². The summed E-state index contributed by atoms with van der Waals surface area (Å²) in [6.07, 6.45) is 4.36. The van der Waals surface area contributed by atoms with E-state index in [0.29, 0.717) is 52.5 Å². The molecule has 0 fully saturated rings. The lowest BCUT2D eigenvalue weighted by Gasteiger charge is -2.11. The van der Waals surface area contributed by atoms with E-state index in [0.717, 1.165) is 5.56 Å². The number of carbonyl (C=O) groups is 1. The molecule has 0 saturated carbocycles. The maximum Gasteiger partial charge on any atom is 0.338 e. The van der Waals surface area contributed by atoms with Gasteiger partial charge in [0.05, 0.1) is 28.8 Å². The van der Waals surface area contributed by atoms with Crippen molar-refractivity contribution in [1.82, 2.24) is 24.7 Å². The summed E-state index contributed by atoms with van der Waals surface area (Å²) in [6.45, 7) is 1.98. The highest BCUT2D eigenvalue weighted by Crippen LogP contribution is 2.16. The number of hydrogen-bond donors (Lipinski definition) is 0. The Morgan fingerprint density at radius 1 is 1.03 bits per heavy atom. The second-order valence-electron chi connectivity index (χ2n) is 7.86. The summed E-state index contributed by atoms with van der Waals surface area (Å²) in [6, 6.07) is 17.6. The molecule has 0 amide bonds. The van der Waals surface area contributed by atoms with Gasteiger partial charge < -0.3 is 9.26 Å². The van der Waals surface area contributed by atoms with Crippen LogP contribution in [-0.2, 0) is 11.2 Å². The van der Waals surface area contributed by atoms with Gasteiger partial charge in [-0.1, -0.05) is 17.3 Å². The molecule has 2 aromatic carbocycles. The third-order valence-corrected chi connectivity index (χ3v) is 5.46. The van der Waals surface area contributed by atoms with Crippen LogP contribution in [0.5, 0.6) is 0 Å². The molecule has 0 aliphatic rings. The first kappa shape index (κ1) is 22.1. The summed E-state index contributed by atoms with van der Waals surface area (Å²) >= 11 is 0. The number of rotatable bonds is 7. The van der Waals surface area contributed by atoms with Crippen LogP contribution in [0.3, 0.4) is 0 Å². The molecule has 0 spiro atoms. The first-order chi connectivity index (χ1) is 17.1. The molecule has 5 aromatic rings. The van der Waals surface area contributed by atoms with Crippen molar-refractivity contribution >= 4 is 16.9 Å². The molecule has 0 N–H and O–H groups in total. The molecule has 0 bridgehead atoms. The predicted octanol–water partition coefficient (Wildman–Crippen LogP) is 3.93. The lowest BCUT2D eigenvalue weighted by molar-refractivity contribution is 0.0498. The molecule has 5 rings (SSSR count). The van der Waals surface area contributed by atoms with Crippen molar-refractivity contribution in [2.24, 2.45) is 0 Å². The van der Waals surface area contributed by atoms with E-state index >= 15 is 0 Å². The molecule has 174 valence electrons. The monoisotopic (exact) mass is 467 g/mol. The summed E-state index contributed by atoms with van der Waals surface area (Å²) in [5.41, 5.74) is 2.29. The number of para-hydroxylation sites is 1. The van der Waals surface area contributed by atoms with E-state index in [1.165, 1.54) is 4.57 Å². The lowest BCUT2D eigenvalue weighted by Crippen LogP contribution is -2.22. The average molecular weight is 467 g/mol. The molecule has 0 radical (unpaired) electrons. The van der Waals surface area contributed by atoms with Crippen LogP contribution in [0.1, 0.15) is 28.5 Å². The maximum atomic E-state index is 13.0. The average Bonchev–Trinajstić information content (AvgIpc) is 3.36. The molecule has 0 aliphatic carbocycles. The number of ether oxygens (including phenoxy) is 1. The smallest absolute Gasteiger partial charge is 0.338 e. The Kier molecular flexibility index (Phi) is 6.13. The van der Waals surface area contributed by atoms with Gasteiger partial charge in [-0.15, -0.1) is 0 Å². The third-order valence-electron chi connectivity index (χ3n) is 5.46. The first-order valence-electron chi connectivity index (χ1n) is 11.1. The number of nitrogens with zero attached hydrogens (tertiary/aromatic N) is 5. The highest BCUT2D eigenvalue weighted by molar-refractivity contribution is 5.89. The molecule has 0 atom stereocenters. The standard InChI is InChI=1S/C26H21N5O4/c1-17-28-22-8-3-2-7-21(22)25(32)31(17)20-12-10-18(11-13-20)26(33)34-15-5-9-23-29-24(30-35-23)19-6-4-14-27-16-19/h2-4,6-8,10-14,16H,5,9,15H2,1H3. The van der Waals surface area contributed by atoms with Crippen LogP contribution >= 0.6 is 0 Å². The van der Waals surface area contributed by atoms with Gasteiger partial charge in [0.25, 0.3) is 5.56 Å². The van der Waals surface area contributed by atoms with E-state index in [1.807, 2.05) is 24.3 Å². The molecular formula is C26H21N5O4. The van der Waals surface area contributed by atoms with Gasteiger partial charge in [-0.3, -0.25) is 14.3 Å². The molecule has 9 heteroatoms. The van der Waals surface area contributed by atoms with Crippen molar-refractivity contribution in [2.75, 3.05) is 6.61 Å². The van der Waals surface area contributed by atoms with Gasteiger partial charge in [0.2, 0.25) is 11.7 Å². The van der Waals surface area contributed by atoms with Crippen molar-refractivity contribution in [3.05, 3.63) is 101 Å². The van der Waals surface area contributed by atoms with Gasteiger partial charge in [0.15, 0.2) is 0 Å². The molecule has 3 heterocycles. The predicted molar refractivity (Wildman–Crippen MR) is 128 cm³/mol. The maximum absolute atomic E-state index is 13.0. The van der Waals surface area contributed by atoms with Crippen LogP contribution in [0.4, 0.5) is 0 Å². The van der Waals surface area contributed by atoms with Gasteiger partial charge in [0, 0.05) is 24.4 Å². The van der Waals surface area contributed by atoms with Crippen LogP contribution in [-0.4, -0.2) is 37.3 Å². The summed E-state index contributed by atoms with van der Waals surface area (Å²) in [5, 5.41) is 4.48. The number of esters is 1. The molecule has 0 unspecified atom stereocenters. The second-order valence-corrected chi connectivity index (χ2v) is 7.86. The van der Waals surface area contributed by atoms with Crippen molar-refractivity contribution in [2.45, 2.75) is 19.8 Å². The number of benzene rings is 2. The van der Waals surface area contributed by atoms with Gasteiger partial charge in [0.1, 0.15) is 5.82 Å².